The highest BCUT2D eigenvalue weighted by Crippen LogP contribution is 2.38. The van der Waals surface area contributed by atoms with Crippen molar-refractivity contribution in [3.8, 4) is 0 Å². The molecule has 4 rings (SSSR count). The summed E-state index contributed by atoms with van der Waals surface area (Å²) < 4.78 is 22.8. The minimum atomic E-state index is -3.84. The van der Waals surface area contributed by atoms with Crippen molar-refractivity contribution >= 4 is 36.0 Å². The van der Waals surface area contributed by atoms with E-state index in [1.54, 1.807) is 16.8 Å². The van der Waals surface area contributed by atoms with E-state index in [2.05, 4.69) is 20.0 Å². The number of fused-ring (bicyclic) bond motifs is 1. The van der Waals surface area contributed by atoms with Crippen LogP contribution >= 0.6 is 19.2 Å². The summed E-state index contributed by atoms with van der Waals surface area (Å²) in [4.78, 5) is 22.4. The van der Waals surface area contributed by atoms with Gasteiger partial charge < -0.3 is 29.7 Å². The van der Waals surface area contributed by atoms with E-state index >= 15 is 0 Å². The first kappa shape index (κ1) is 21.9. The van der Waals surface area contributed by atoms with Crippen LogP contribution in [0.3, 0.4) is 0 Å². The van der Waals surface area contributed by atoms with Crippen LogP contribution in [0.4, 0.5) is 5.82 Å². The van der Waals surface area contributed by atoms with Gasteiger partial charge in [-0.15, -0.1) is 4.67 Å². The lowest BCUT2D eigenvalue weighted by Gasteiger charge is -2.18. The lowest BCUT2D eigenvalue weighted by atomic mass is 10.1. The van der Waals surface area contributed by atoms with Crippen LogP contribution in [0.1, 0.15) is 31.9 Å². The van der Waals surface area contributed by atoms with Crippen molar-refractivity contribution in [1.29, 1.82) is 0 Å². The van der Waals surface area contributed by atoms with E-state index in [4.69, 9.17) is 26.1 Å². The second kappa shape index (κ2) is 8.68. The number of ether oxygens (including phenoxy) is 1. The molecule has 2 fully saturated rings. The molecule has 2 aliphatic rings. The van der Waals surface area contributed by atoms with E-state index in [9.17, 15) is 14.8 Å². The highest BCUT2D eigenvalue weighted by molar-refractivity contribution is 7.51. The van der Waals surface area contributed by atoms with Crippen LogP contribution in [-0.4, -0.2) is 67.3 Å². The normalized spacial score (nSPS) is 29.5. The van der Waals surface area contributed by atoms with Crippen LogP contribution in [0.2, 0.25) is 5.28 Å². The van der Waals surface area contributed by atoms with Gasteiger partial charge in [0.2, 0.25) is 5.28 Å². The fraction of sp³-hybridized carbons (Fsp3) is 0.647. The molecule has 30 heavy (non-hydrogen) atoms. The summed E-state index contributed by atoms with van der Waals surface area (Å²) in [6, 6.07) is 2.11. The number of aromatic nitrogens is 3. The van der Waals surface area contributed by atoms with Crippen LogP contribution in [0.5, 0.6) is 0 Å². The average Bonchev–Trinajstić information content (AvgIpc) is 3.37. The Balaban J connectivity index is 1.55. The summed E-state index contributed by atoms with van der Waals surface area (Å²) in [5.41, 5.74) is 0.443. The third-order valence-corrected chi connectivity index (χ3v) is 5.83. The van der Waals surface area contributed by atoms with Gasteiger partial charge in [-0.3, -0.25) is 4.57 Å². The van der Waals surface area contributed by atoms with Crippen molar-refractivity contribution in [2.24, 2.45) is 0 Å². The Labute approximate surface area is 177 Å². The molecule has 1 saturated heterocycles. The standard InChI is InChI=1S/C17H24ClN4O7P/c1-30(25,26)29-27-8-11-12(23)13(24)16(28-11)22-7-6-10-14(19-9-4-2-3-5-9)20-17(18)21-15(10)22/h6-7,9,11-13,16,23-24H,2-5,8H2,1H3,(H,25,26)(H,19,20,21)/t11-,12-,13-,16-/m1/s1. The third kappa shape index (κ3) is 4.63. The van der Waals surface area contributed by atoms with Gasteiger partial charge in [0.15, 0.2) is 6.23 Å². The Morgan fingerprint density at radius 2 is 2.07 bits per heavy atom. The fourth-order valence-electron chi connectivity index (χ4n) is 3.88. The van der Waals surface area contributed by atoms with Gasteiger partial charge in [0.25, 0.3) is 0 Å². The molecule has 166 valence electrons. The molecule has 3 heterocycles. The highest BCUT2D eigenvalue weighted by Gasteiger charge is 2.44. The topological polar surface area (TPSA) is 148 Å². The Morgan fingerprint density at radius 3 is 2.77 bits per heavy atom. The molecule has 1 aliphatic carbocycles. The monoisotopic (exact) mass is 462 g/mol. The largest absolute Gasteiger partial charge is 0.387 e. The number of rotatable bonds is 7. The SMILES string of the molecule is CP(=O)(O)OOC[C@H]1O[C@@H](n2ccc3c(NC4CCCC4)nc(Cl)nc32)[C@H](O)[C@@H]1O. The first-order valence-electron chi connectivity index (χ1n) is 9.66. The quantitative estimate of drug-likeness (QED) is 0.208. The molecule has 0 amide bonds. The van der Waals surface area contributed by atoms with Gasteiger partial charge in [0.1, 0.15) is 36.4 Å². The molecule has 1 aliphatic heterocycles. The first-order valence-corrected chi connectivity index (χ1v) is 12.1. The number of hydrogen-bond acceptors (Lipinski definition) is 9. The summed E-state index contributed by atoms with van der Waals surface area (Å²) in [6.07, 6.45) is 1.56. The molecule has 11 nitrogen and oxygen atoms in total. The summed E-state index contributed by atoms with van der Waals surface area (Å²) in [7, 11) is -3.84. The molecule has 2 aromatic rings. The van der Waals surface area contributed by atoms with Crippen molar-refractivity contribution in [2.45, 2.75) is 56.3 Å². The molecule has 1 unspecified atom stereocenters. The molecule has 2 aromatic heterocycles. The second-order valence-corrected chi connectivity index (χ2v) is 9.73. The summed E-state index contributed by atoms with van der Waals surface area (Å²) in [5, 5.41) is 25.0. The Morgan fingerprint density at radius 1 is 1.33 bits per heavy atom. The van der Waals surface area contributed by atoms with Gasteiger partial charge in [0.05, 0.1) is 5.39 Å². The van der Waals surface area contributed by atoms with Crippen molar-refractivity contribution in [3.63, 3.8) is 0 Å². The Bertz CT molecular complexity index is 948. The maximum Gasteiger partial charge on any atom is 0.352 e. The summed E-state index contributed by atoms with van der Waals surface area (Å²) in [6.45, 7) is 0.611. The third-order valence-electron chi connectivity index (χ3n) is 5.28. The number of hydrogen-bond donors (Lipinski definition) is 4. The zero-order chi connectivity index (χ0) is 21.5. The zero-order valence-electron chi connectivity index (χ0n) is 16.2. The van der Waals surface area contributed by atoms with Crippen LogP contribution in [0.15, 0.2) is 12.3 Å². The molecule has 0 spiro atoms. The highest BCUT2D eigenvalue weighted by atomic mass is 35.5. The van der Waals surface area contributed by atoms with E-state index in [1.165, 1.54) is 0 Å². The minimum Gasteiger partial charge on any atom is -0.387 e. The lowest BCUT2D eigenvalue weighted by Crippen LogP contribution is -2.33. The molecule has 0 radical (unpaired) electrons. The van der Waals surface area contributed by atoms with Gasteiger partial charge in [-0.2, -0.15) is 4.98 Å². The number of nitrogens with zero attached hydrogens (tertiary/aromatic N) is 3. The Kier molecular flexibility index (Phi) is 6.34. The van der Waals surface area contributed by atoms with Crippen molar-refractivity contribution < 1.29 is 34.0 Å². The predicted octanol–water partition coefficient (Wildman–Crippen LogP) is 1.82. The van der Waals surface area contributed by atoms with Crippen molar-refractivity contribution in [3.05, 3.63) is 17.5 Å². The summed E-state index contributed by atoms with van der Waals surface area (Å²) >= 11 is 6.13. The molecule has 1 saturated carbocycles. The lowest BCUT2D eigenvalue weighted by molar-refractivity contribution is -0.238. The van der Waals surface area contributed by atoms with Crippen LogP contribution in [0.25, 0.3) is 11.0 Å². The Hall–Kier alpha value is -1.30. The maximum atomic E-state index is 11.1. The number of halogens is 1. The molecule has 5 atom stereocenters. The molecular formula is C17H24ClN4O7P. The van der Waals surface area contributed by atoms with Crippen LogP contribution < -0.4 is 5.32 Å². The van der Waals surface area contributed by atoms with Gasteiger partial charge >= 0.3 is 7.60 Å². The molecular weight excluding hydrogens is 439 g/mol. The smallest absolute Gasteiger partial charge is 0.352 e. The minimum absolute atomic E-state index is 0.0471. The zero-order valence-corrected chi connectivity index (χ0v) is 17.9. The average molecular weight is 463 g/mol. The first-order chi connectivity index (χ1) is 14.2. The van der Waals surface area contributed by atoms with E-state index in [0.29, 0.717) is 22.9 Å². The van der Waals surface area contributed by atoms with Crippen molar-refractivity contribution in [1.82, 2.24) is 14.5 Å². The maximum absolute atomic E-state index is 11.1. The van der Waals surface area contributed by atoms with E-state index in [-0.39, 0.29) is 11.9 Å². The molecule has 0 aromatic carbocycles. The number of aliphatic hydroxyl groups is 2. The number of aliphatic hydroxyl groups excluding tert-OH is 2. The van der Waals surface area contributed by atoms with Crippen LogP contribution in [0, 0.1) is 0 Å². The molecule has 13 heteroatoms. The molecule has 0 bridgehead atoms. The van der Waals surface area contributed by atoms with Crippen LogP contribution in [-0.2, 0) is 18.9 Å². The number of nitrogens with one attached hydrogen (secondary N) is 1. The van der Waals surface area contributed by atoms with E-state index in [1.807, 2.05) is 0 Å². The number of anilines is 1. The van der Waals surface area contributed by atoms with Gasteiger partial charge in [-0.05, 0) is 30.5 Å². The second-order valence-electron chi connectivity index (χ2n) is 7.64. The predicted molar refractivity (Wildman–Crippen MR) is 107 cm³/mol. The van der Waals surface area contributed by atoms with Gasteiger partial charge in [-0.1, -0.05) is 12.8 Å². The van der Waals surface area contributed by atoms with Crippen molar-refractivity contribution in [2.75, 3.05) is 18.6 Å². The van der Waals surface area contributed by atoms with Gasteiger partial charge in [0, 0.05) is 18.9 Å². The fourth-order valence-corrected chi connectivity index (χ4v) is 4.30. The molecule has 4 N–H and O–H groups in total. The van der Waals surface area contributed by atoms with E-state index in [0.717, 1.165) is 32.3 Å². The van der Waals surface area contributed by atoms with E-state index < -0.39 is 32.1 Å². The van der Waals surface area contributed by atoms with Gasteiger partial charge in [-0.25, -0.2) is 9.87 Å². The summed E-state index contributed by atoms with van der Waals surface area (Å²) in [5.74, 6) is 0.610.